The van der Waals surface area contributed by atoms with Crippen molar-refractivity contribution in [1.82, 2.24) is 5.32 Å². The largest absolute Gasteiger partial charge is 0.481 e. The highest BCUT2D eigenvalue weighted by Gasteiger charge is 2.14. The van der Waals surface area contributed by atoms with Crippen LogP contribution >= 0.6 is 0 Å². The zero-order chi connectivity index (χ0) is 16.4. The van der Waals surface area contributed by atoms with Crippen LogP contribution in [0.4, 0.5) is 0 Å². The minimum absolute atomic E-state index is 0.211. The van der Waals surface area contributed by atoms with Gasteiger partial charge in [0.2, 0.25) is 0 Å². The van der Waals surface area contributed by atoms with Gasteiger partial charge in [0.15, 0.2) is 6.61 Å². The van der Waals surface area contributed by atoms with Crippen molar-refractivity contribution in [2.45, 2.75) is 6.10 Å². The van der Waals surface area contributed by atoms with Gasteiger partial charge in [-0.25, -0.2) is 4.79 Å². The second kappa shape index (κ2) is 9.75. The molecular weight excluding hydrogens is 290 g/mol. The molecule has 1 aromatic rings. The van der Waals surface area contributed by atoms with Crippen LogP contribution in [0.1, 0.15) is 10.4 Å². The molecule has 121 valence electrons. The van der Waals surface area contributed by atoms with Gasteiger partial charge in [-0.15, -0.1) is 0 Å². The molecule has 0 heterocycles. The summed E-state index contributed by atoms with van der Waals surface area (Å²) >= 11 is 0. The van der Waals surface area contributed by atoms with E-state index in [-0.39, 0.29) is 23.8 Å². The van der Waals surface area contributed by atoms with Crippen LogP contribution in [0.2, 0.25) is 0 Å². The molecule has 2 N–H and O–H groups in total. The number of carbonyl (C=O) groups is 2. The van der Waals surface area contributed by atoms with Crippen molar-refractivity contribution in [3.63, 3.8) is 0 Å². The first-order valence-corrected chi connectivity index (χ1v) is 6.70. The number of benzene rings is 1. The van der Waals surface area contributed by atoms with E-state index in [1.165, 1.54) is 6.07 Å². The Balaban J connectivity index is 2.52. The van der Waals surface area contributed by atoms with Gasteiger partial charge in [0, 0.05) is 13.7 Å². The molecule has 1 amide bonds. The summed E-state index contributed by atoms with van der Waals surface area (Å²) in [4.78, 5) is 22.6. The minimum Gasteiger partial charge on any atom is -0.481 e. The number of aliphatic carboxylic acids is 1. The minimum atomic E-state index is -1.11. The number of nitrogens with one attached hydrogen (secondary N) is 1. The van der Waals surface area contributed by atoms with Gasteiger partial charge in [0.1, 0.15) is 5.75 Å². The average molecular weight is 310 g/mol. The Labute approximate surface area is 129 Å². The molecule has 0 aliphatic heterocycles. The van der Waals surface area contributed by atoms with E-state index in [1.807, 2.05) is 0 Å². The van der Waals surface area contributed by atoms with E-state index < -0.39 is 18.7 Å². The molecule has 0 saturated heterocycles. The lowest BCUT2D eigenvalue weighted by molar-refractivity contribution is -0.139. The van der Waals surface area contributed by atoms with Gasteiger partial charge in [-0.3, -0.25) is 4.79 Å². The smallest absolute Gasteiger partial charge is 0.341 e. The van der Waals surface area contributed by atoms with Gasteiger partial charge >= 0.3 is 5.97 Å². The summed E-state index contributed by atoms with van der Waals surface area (Å²) in [6, 6.07) is 6.41. The van der Waals surface area contributed by atoms with Crippen LogP contribution in [0.5, 0.6) is 5.75 Å². The molecular formula is C15H20NO6. The van der Waals surface area contributed by atoms with Crippen molar-refractivity contribution in [2.75, 3.05) is 33.5 Å². The molecule has 0 aromatic heterocycles. The fourth-order valence-corrected chi connectivity index (χ4v) is 1.58. The van der Waals surface area contributed by atoms with Crippen LogP contribution in [-0.2, 0) is 14.3 Å². The standard InChI is InChI=1S/C15H20NO6/c1-11(21-8-7-20-2)9-16-15(19)12-5-3-4-6-13(12)22-10-14(17)18/h3-6,11H,1,7-10H2,2H3,(H,16,19)(H,17,18). The third-order valence-corrected chi connectivity index (χ3v) is 2.61. The van der Waals surface area contributed by atoms with Crippen LogP contribution in [0.15, 0.2) is 24.3 Å². The Bertz CT molecular complexity index is 491. The van der Waals surface area contributed by atoms with Crippen LogP contribution in [0.3, 0.4) is 0 Å². The molecule has 0 aliphatic carbocycles. The molecule has 0 aliphatic rings. The molecule has 1 unspecified atom stereocenters. The molecule has 1 atom stereocenters. The summed E-state index contributed by atoms with van der Waals surface area (Å²) in [5, 5.41) is 11.3. The molecule has 7 nitrogen and oxygen atoms in total. The van der Waals surface area contributed by atoms with Crippen molar-refractivity contribution in [2.24, 2.45) is 0 Å². The highest BCUT2D eigenvalue weighted by molar-refractivity contribution is 5.97. The number of hydrogen-bond acceptors (Lipinski definition) is 5. The zero-order valence-corrected chi connectivity index (χ0v) is 12.4. The summed E-state index contributed by atoms with van der Waals surface area (Å²) in [7, 11) is 1.57. The topological polar surface area (TPSA) is 94.1 Å². The number of methoxy groups -OCH3 is 1. The number of para-hydroxylation sites is 1. The van der Waals surface area contributed by atoms with E-state index in [1.54, 1.807) is 25.3 Å². The molecule has 22 heavy (non-hydrogen) atoms. The third kappa shape index (κ3) is 6.55. The number of hydrogen-bond donors (Lipinski definition) is 2. The predicted molar refractivity (Wildman–Crippen MR) is 78.9 cm³/mol. The van der Waals surface area contributed by atoms with Crippen LogP contribution in [-0.4, -0.2) is 56.6 Å². The van der Waals surface area contributed by atoms with Gasteiger partial charge in [0.25, 0.3) is 5.91 Å². The maximum Gasteiger partial charge on any atom is 0.341 e. The van der Waals surface area contributed by atoms with E-state index in [0.29, 0.717) is 13.2 Å². The maximum atomic E-state index is 12.1. The SMILES string of the molecule is [CH2]C(CNC(=O)c1ccccc1OCC(=O)O)OCCOC. The summed E-state index contributed by atoms with van der Waals surface area (Å²) in [6.07, 6.45) is -0.411. The lowest BCUT2D eigenvalue weighted by atomic mass is 10.2. The predicted octanol–water partition coefficient (Wildman–Crippen LogP) is 0.745. The van der Waals surface area contributed by atoms with E-state index in [4.69, 9.17) is 19.3 Å². The number of carbonyl (C=O) groups excluding carboxylic acids is 1. The Morgan fingerprint density at radius 2 is 2.05 bits per heavy atom. The maximum absolute atomic E-state index is 12.1. The molecule has 1 radical (unpaired) electrons. The molecule has 7 heteroatoms. The van der Waals surface area contributed by atoms with Crippen molar-refractivity contribution in [3.05, 3.63) is 36.8 Å². The van der Waals surface area contributed by atoms with E-state index in [2.05, 4.69) is 12.2 Å². The van der Waals surface area contributed by atoms with Crippen LogP contribution < -0.4 is 10.1 Å². The summed E-state index contributed by atoms with van der Waals surface area (Å²) in [5.41, 5.74) is 0.257. The number of rotatable bonds is 10. The Hall–Kier alpha value is -2.12. The Morgan fingerprint density at radius 3 is 2.73 bits per heavy atom. The lowest BCUT2D eigenvalue weighted by Gasteiger charge is -2.15. The highest BCUT2D eigenvalue weighted by atomic mass is 16.5. The molecule has 0 fully saturated rings. The Morgan fingerprint density at radius 1 is 1.32 bits per heavy atom. The fraction of sp³-hybridized carbons (Fsp3) is 0.400. The second-order valence-electron chi connectivity index (χ2n) is 4.37. The van der Waals surface area contributed by atoms with E-state index in [9.17, 15) is 9.59 Å². The summed E-state index contributed by atoms with van der Waals surface area (Å²) in [5.74, 6) is -1.28. The van der Waals surface area contributed by atoms with Crippen molar-refractivity contribution >= 4 is 11.9 Å². The average Bonchev–Trinajstić information content (AvgIpc) is 2.51. The van der Waals surface area contributed by atoms with Crippen molar-refractivity contribution in [1.29, 1.82) is 0 Å². The molecule has 0 spiro atoms. The Kier molecular flexibility index (Phi) is 7.95. The molecule has 0 bridgehead atoms. The first kappa shape index (κ1) is 17.9. The monoisotopic (exact) mass is 310 g/mol. The molecule has 1 rings (SSSR count). The zero-order valence-electron chi connectivity index (χ0n) is 12.4. The quantitative estimate of drug-likeness (QED) is 0.619. The lowest BCUT2D eigenvalue weighted by Crippen LogP contribution is -2.33. The van der Waals surface area contributed by atoms with Crippen molar-refractivity contribution in [3.8, 4) is 5.75 Å². The molecule has 0 saturated carbocycles. The van der Waals surface area contributed by atoms with Crippen LogP contribution in [0.25, 0.3) is 0 Å². The van der Waals surface area contributed by atoms with Gasteiger partial charge in [-0.05, 0) is 19.1 Å². The van der Waals surface area contributed by atoms with Gasteiger partial charge in [-0.1, -0.05) is 12.1 Å². The van der Waals surface area contributed by atoms with E-state index in [0.717, 1.165) is 0 Å². The number of carboxylic acids is 1. The number of amides is 1. The van der Waals surface area contributed by atoms with Crippen LogP contribution in [0, 0.1) is 6.92 Å². The third-order valence-electron chi connectivity index (χ3n) is 2.61. The van der Waals surface area contributed by atoms with Gasteiger partial charge < -0.3 is 24.6 Å². The summed E-state index contributed by atoms with van der Waals surface area (Å²) < 4.78 is 15.2. The number of carboxylic acid groups (broad SMARTS) is 1. The van der Waals surface area contributed by atoms with Gasteiger partial charge in [-0.2, -0.15) is 0 Å². The normalized spacial score (nSPS) is 11.7. The molecule has 1 aromatic carbocycles. The van der Waals surface area contributed by atoms with E-state index >= 15 is 0 Å². The highest BCUT2D eigenvalue weighted by Crippen LogP contribution is 2.17. The van der Waals surface area contributed by atoms with Crippen molar-refractivity contribution < 1.29 is 28.9 Å². The number of ether oxygens (including phenoxy) is 3. The first-order valence-electron chi connectivity index (χ1n) is 6.70. The summed E-state index contributed by atoms with van der Waals surface area (Å²) in [6.45, 7) is 4.30. The second-order valence-corrected chi connectivity index (χ2v) is 4.37. The fourth-order valence-electron chi connectivity index (χ4n) is 1.58. The first-order chi connectivity index (χ1) is 10.5. The van der Waals surface area contributed by atoms with Gasteiger partial charge in [0.05, 0.1) is 24.9 Å².